The summed E-state index contributed by atoms with van der Waals surface area (Å²) in [7, 11) is 4.25. The average Bonchev–Trinajstić information content (AvgIpc) is 3.26. The number of thiocarbonyl (C=S) groups is 1. The van der Waals surface area contributed by atoms with E-state index in [2.05, 4.69) is 4.52 Å². The molecule has 1 fully saturated rings. The number of aliphatic hydroxyl groups excluding tert-OH is 1. The second kappa shape index (κ2) is 13.5. The quantitative estimate of drug-likeness (QED) is 0.123. The molecule has 0 amide bonds. The molecule has 0 bridgehead atoms. The van der Waals surface area contributed by atoms with Gasteiger partial charge < -0.3 is 34.7 Å². The van der Waals surface area contributed by atoms with E-state index in [1.54, 1.807) is 19.2 Å². The molecular formula is C28H31BNO9PS. The van der Waals surface area contributed by atoms with Crippen molar-refractivity contribution in [2.45, 2.75) is 36.5 Å². The van der Waals surface area contributed by atoms with Gasteiger partial charge in [0.05, 0.1) is 26.3 Å². The molecule has 0 saturated carbocycles. The van der Waals surface area contributed by atoms with E-state index in [4.69, 9.17) is 49.3 Å². The van der Waals surface area contributed by atoms with Crippen molar-refractivity contribution in [3.8, 4) is 5.75 Å². The highest BCUT2D eigenvalue weighted by molar-refractivity contribution is 7.80. The third kappa shape index (κ3) is 6.99. The first kappa shape index (κ1) is 31.1. The van der Waals surface area contributed by atoms with E-state index in [1.807, 2.05) is 66.7 Å². The topological polar surface area (TPSA) is 139 Å². The van der Waals surface area contributed by atoms with Crippen LogP contribution in [0.5, 0.6) is 5.75 Å². The highest BCUT2D eigenvalue weighted by Crippen LogP contribution is 2.47. The van der Waals surface area contributed by atoms with Crippen LogP contribution in [0.3, 0.4) is 0 Å². The number of nitrogens with two attached hydrogens (primary N) is 1. The highest BCUT2D eigenvalue weighted by Gasteiger charge is 2.50. The van der Waals surface area contributed by atoms with Gasteiger partial charge in [0, 0.05) is 7.11 Å². The third-order valence-electron chi connectivity index (χ3n) is 6.77. The zero-order chi connectivity index (χ0) is 29.6. The fourth-order valence-electron chi connectivity index (χ4n) is 4.78. The fraction of sp³-hybridized carbons (Fsp3) is 0.321. The lowest BCUT2D eigenvalue weighted by Crippen LogP contribution is -2.42. The first-order valence-corrected chi connectivity index (χ1v) is 14.5. The molecule has 0 aliphatic carbocycles. The zero-order valence-electron chi connectivity index (χ0n) is 22.5. The number of phosphoric ester groups is 1. The summed E-state index contributed by atoms with van der Waals surface area (Å²) in [6.07, 6.45) is -3.35. The highest BCUT2D eigenvalue weighted by atomic mass is 32.1. The summed E-state index contributed by atoms with van der Waals surface area (Å²) in [5, 5.41) is 9.32. The maximum atomic E-state index is 12.4. The van der Waals surface area contributed by atoms with Crippen LogP contribution in [-0.2, 0) is 40.0 Å². The van der Waals surface area contributed by atoms with Crippen molar-refractivity contribution >= 4 is 33.1 Å². The minimum absolute atomic E-state index is 0.125. The van der Waals surface area contributed by atoms with Gasteiger partial charge >= 0.3 is 7.82 Å². The Morgan fingerprint density at radius 2 is 1.59 bits per heavy atom. The van der Waals surface area contributed by atoms with E-state index in [0.717, 1.165) is 29.4 Å². The molecule has 1 aliphatic rings. The van der Waals surface area contributed by atoms with Crippen LogP contribution in [0, 0.1) is 0 Å². The number of hydrogen-bond acceptors (Lipinski definition) is 9. The smallest absolute Gasteiger partial charge is 0.472 e. The van der Waals surface area contributed by atoms with Crippen molar-refractivity contribution in [1.82, 2.24) is 0 Å². The average molecular weight is 599 g/mol. The number of phosphoric acid groups is 1. The Kier molecular flexibility index (Phi) is 10.2. The minimum atomic E-state index is -4.52. The summed E-state index contributed by atoms with van der Waals surface area (Å²) in [6.45, 7) is -0.304. The molecule has 6 atom stereocenters. The van der Waals surface area contributed by atoms with Crippen molar-refractivity contribution in [3.63, 3.8) is 0 Å². The minimum Gasteiger partial charge on any atom is -0.497 e. The van der Waals surface area contributed by atoms with Crippen LogP contribution in [0.1, 0.15) is 22.3 Å². The Bertz CT molecular complexity index is 1300. The van der Waals surface area contributed by atoms with Crippen molar-refractivity contribution in [2.24, 2.45) is 5.73 Å². The molecule has 3 aromatic carbocycles. The van der Waals surface area contributed by atoms with Crippen molar-refractivity contribution in [2.75, 3.05) is 20.8 Å². The SMILES string of the molecule is [B][C@@H]1O[C@H](COC(c2ccccc2)(c2ccc(CO)cc2)c2ccc(OC)cc2)C(OP(=O)(O)OC)C1OC(N)=S. The molecule has 1 aliphatic heterocycles. The molecule has 1 saturated heterocycles. The van der Waals surface area contributed by atoms with Gasteiger partial charge in [0.15, 0.2) is 0 Å². The van der Waals surface area contributed by atoms with Crippen molar-refractivity contribution < 1.29 is 42.6 Å². The number of rotatable bonds is 12. The maximum absolute atomic E-state index is 12.4. The Hall–Kier alpha value is -2.80. The number of benzene rings is 3. The molecule has 4 unspecified atom stereocenters. The molecule has 4 N–H and O–H groups in total. The predicted molar refractivity (Wildman–Crippen MR) is 155 cm³/mol. The summed E-state index contributed by atoms with van der Waals surface area (Å²) >= 11 is 4.87. The van der Waals surface area contributed by atoms with E-state index >= 15 is 0 Å². The lowest BCUT2D eigenvalue weighted by atomic mass is 9.79. The van der Waals surface area contributed by atoms with Crippen LogP contribution in [0.15, 0.2) is 78.9 Å². The molecule has 4 rings (SSSR count). The van der Waals surface area contributed by atoms with Crippen LogP contribution in [-0.4, -0.2) is 68.2 Å². The first-order valence-electron chi connectivity index (χ1n) is 12.6. The molecule has 2 radical (unpaired) electrons. The zero-order valence-corrected chi connectivity index (χ0v) is 24.2. The largest absolute Gasteiger partial charge is 0.497 e. The van der Waals surface area contributed by atoms with Gasteiger partial charge in [0.1, 0.15) is 37.5 Å². The summed E-state index contributed by atoms with van der Waals surface area (Å²) in [4.78, 5) is 10.1. The number of ether oxygens (including phenoxy) is 4. The Morgan fingerprint density at radius 1 is 1.00 bits per heavy atom. The first-order chi connectivity index (χ1) is 19.6. The number of aliphatic hydroxyl groups is 1. The molecule has 0 aromatic heterocycles. The van der Waals surface area contributed by atoms with Gasteiger partial charge in [-0.1, -0.05) is 66.7 Å². The van der Waals surface area contributed by atoms with Crippen LogP contribution >= 0.6 is 20.0 Å². The summed E-state index contributed by atoms with van der Waals surface area (Å²) in [5.41, 5.74) is 7.36. The van der Waals surface area contributed by atoms with Gasteiger partial charge in [-0.3, -0.25) is 9.05 Å². The van der Waals surface area contributed by atoms with E-state index < -0.39 is 37.7 Å². The van der Waals surface area contributed by atoms with Crippen molar-refractivity contribution in [3.05, 3.63) is 101 Å². The second-order valence-electron chi connectivity index (χ2n) is 9.20. The summed E-state index contributed by atoms with van der Waals surface area (Å²) in [5.74, 6) is 0.654. The van der Waals surface area contributed by atoms with E-state index in [0.29, 0.717) is 5.75 Å². The van der Waals surface area contributed by atoms with Gasteiger partial charge in [0.25, 0.3) is 5.17 Å². The molecule has 13 heteroatoms. The lowest BCUT2D eigenvalue weighted by molar-refractivity contribution is -0.0742. The molecule has 3 aromatic rings. The third-order valence-corrected chi connectivity index (χ3v) is 7.84. The van der Waals surface area contributed by atoms with Crippen molar-refractivity contribution in [1.29, 1.82) is 0 Å². The summed E-state index contributed by atoms with van der Waals surface area (Å²) < 4.78 is 46.0. The molecule has 41 heavy (non-hydrogen) atoms. The molecule has 0 spiro atoms. The van der Waals surface area contributed by atoms with Crippen LogP contribution in [0.2, 0.25) is 0 Å². The monoisotopic (exact) mass is 599 g/mol. The number of hydrogen-bond donors (Lipinski definition) is 3. The van der Waals surface area contributed by atoms with E-state index in [-0.39, 0.29) is 18.4 Å². The van der Waals surface area contributed by atoms with Crippen LogP contribution in [0.25, 0.3) is 0 Å². The predicted octanol–water partition coefficient (Wildman–Crippen LogP) is 3.15. The van der Waals surface area contributed by atoms with Crippen LogP contribution < -0.4 is 10.5 Å². The second-order valence-corrected chi connectivity index (χ2v) is 11.1. The van der Waals surface area contributed by atoms with Gasteiger partial charge in [-0.2, -0.15) is 0 Å². The summed E-state index contributed by atoms with van der Waals surface area (Å²) in [6, 6.07) is 23.1. The molecule has 10 nitrogen and oxygen atoms in total. The van der Waals surface area contributed by atoms with Crippen LogP contribution in [0.4, 0.5) is 0 Å². The standard InChI is InChI=1S/C28H31BNO9PS/c1-34-22-14-12-21(13-15-22)28(19-6-4-3-5-7-19,20-10-8-18(16-31)9-11-20)36-17-23-24(39-40(32,33)35-2)25(26(29)37-23)38-27(30)41/h3-15,23-26,31H,16-17H2,1-2H3,(H2,30,41)(H,32,33)/t23-,24?,25?,26-,28?/m1/s1. The fourth-order valence-corrected chi connectivity index (χ4v) is 5.54. The van der Waals surface area contributed by atoms with Gasteiger partial charge in [0.2, 0.25) is 0 Å². The van der Waals surface area contributed by atoms with E-state index in [9.17, 15) is 14.6 Å². The number of methoxy groups -OCH3 is 1. The van der Waals surface area contributed by atoms with Gasteiger partial charge in [-0.15, -0.1) is 0 Å². The Morgan fingerprint density at radius 3 is 2.12 bits per heavy atom. The van der Waals surface area contributed by atoms with Gasteiger partial charge in [-0.25, -0.2) is 4.57 Å². The Labute approximate surface area is 245 Å². The van der Waals surface area contributed by atoms with Gasteiger partial charge in [-0.05, 0) is 46.6 Å². The molecule has 1 heterocycles. The molecule has 216 valence electrons. The maximum Gasteiger partial charge on any atom is 0.472 e. The Balaban J connectivity index is 1.81. The lowest BCUT2D eigenvalue weighted by Gasteiger charge is -2.37. The normalized spacial score (nSPS) is 23.3. The molecular weight excluding hydrogens is 568 g/mol. The van der Waals surface area contributed by atoms with E-state index in [1.165, 1.54) is 0 Å².